The number of anilines is 1. The summed E-state index contributed by atoms with van der Waals surface area (Å²) in [4.78, 5) is 40.0. The standard InChI is InChI=1S/C37H45N9O3.ClH/c1-23-20-29(36(48)40-31-16-18-39-19-17-31)12-15-32(23)26-6-2-24(3-7-26)21-33(42-35(47)28-8-4-25(22-38)5-9-28)37(49)41-30-13-10-27(11-14-30)34-43-45-46-44-34;/h2-3,6-7,10-15,20,25,28,31,33,39H,4-5,8-9,16-19,21-22,38H2,1H3,(H,40,48)(H,41,49)(H,42,47)(H,43,44,45,46);1H/t25?,28?,33-;/m0./s1. The van der Waals surface area contributed by atoms with Crippen LogP contribution in [-0.4, -0.2) is 70.1 Å². The number of aryl methyl sites for hydroxylation is 1. The second kappa shape index (κ2) is 17.3. The van der Waals surface area contributed by atoms with Gasteiger partial charge in [-0.05, 0) is 135 Å². The minimum atomic E-state index is -0.776. The van der Waals surface area contributed by atoms with Crippen molar-refractivity contribution < 1.29 is 14.4 Å². The van der Waals surface area contributed by atoms with Gasteiger partial charge in [0.25, 0.3) is 5.91 Å². The predicted molar refractivity (Wildman–Crippen MR) is 196 cm³/mol. The van der Waals surface area contributed by atoms with Crippen molar-refractivity contribution >= 4 is 35.8 Å². The van der Waals surface area contributed by atoms with E-state index in [1.165, 1.54) is 0 Å². The van der Waals surface area contributed by atoms with E-state index in [1.54, 1.807) is 24.3 Å². The maximum atomic E-state index is 13.7. The molecule has 0 spiro atoms. The molecule has 13 heteroatoms. The van der Waals surface area contributed by atoms with Crippen LogP contribution in [0.5, 0.6) is 0 Å². The molecule has 1 aromatic heterocycles. The van der Waals surface area contributed by atoms with E-state index < -0.39 is 6.04 Å². The summed E-state index contributed by atoms with van der Waals surface area (Å²) in [6.07, 6.45) is 5.58. The smallest absolute Gasteiger partial charge is 0.251 e. The number of aromatic nitrogens is 4. The number of nitrogens with zero attached hydrogens (tertiary/aromatic N) is 3. The topological polar surface area (TPSA) is 180 Å². The van der Waals surface area contributed by atoms with Gasteiger partial charge in [-0.2, -0.15) is 5.21 Å². The lowest BCUT2D eigenvalue weighted by molar-refractivity contribution is -0.130. The molecule has 7 N–H and O–H groups in total. The summed E-state index contributed by atoms with van der Waals surface area (Å²) in [6.45, 7) is 4.49. The van der Waals surface area contributed by atoms with Gasteiger partial charge in [-0.3, -0.25) is 14.4 Å². The maximum absolute atomic E-state index is 13.7. The molecule has 2 heterocycles. The Morgan fingerprint density at radius 2 is 1.60 bits per heavy atom. The predicted octanol–water partition coefficient (Wildman–Crippen LogP) is 4.18. The fraction of sp³-hybridized carbons (Fsp3) is 0.405. The Labute approximate surface area is 298 Å². The number of aromatic amines is 1. The normalized spacial score (nSPS) is 18.4. The number of nitrogens with two attached hydrogens (primary N) is 1. The monoisotopic (exact) mass is 699 g/mol. The molecular weight excluding hydrogens is 654 g/mol. The first-order valence-corrected chi connectivity index (χ1v) is 17.2. The Morgan fingerprint density at radius 1 is 0.900 bits per heavy atom. The Hall–Kier alpha value is -4.65. The average molecular weight is 700 g/mol. The van der Waals surface area contributed by atoms with Crippen LogP contribution < -0.4 is 27.0 Å². The lowest BCUT2D eigenvalue weighted by atomic mass is 9.81. The molecule has 1 aliphatic heterocycles. The summed E-state index contributed by atoms with van der Waals surface area (Å²) < 4.78 is 0. The van der Waals surface area contributed by atoms with Gasteiger partial charge in [-0.25, -0.2) is 0 Å². The Balaban J connectivity index is 0.00000486. The average Bonchev–Trinajstić information content (AvgIpc) is 3.68. The highest BCUT2D eigenvalue weighted by molar-refractivity contribution is 5.98. The molecule has 4 aromatic rings. The molecule has 1 atom stereocenters. The number of rotatable bonds is 11. The summed E-state index contributed by atoms with van der Waals surface area (Å²) in [5.74, 6) is 0.337. The van der Waals surface area contributed by atoms with E-state index in [1.807, 2.05) is 49.4 Å². The van der Waals surface area contributed by atoms with Crippen LogP contribution >= 0.6 is 12.4 Å². The van der Waals surface area contributed by atoms with E-state index in [4.69, 9.17) is 5.73 Å². The number of benzene rings is 3. The van der Waals surface area contributed by atoms with Crippen LogP contribution in [0, 0.1) is 18.8 Å². The molecule has 6 rings (SSSR count). The highest BCUT2D eigenvalue weighted by Gasteiger charge is 2.29. The minimum Gasteiger partial charge on any atom is -0.349 e. The van der Waals surface area contributed by atoms with Crippen LogP contribution in [0.25, 0.3) is 22.5 Å². The van der Waals surface area contributed by atoms with Crippen LogP contribution in [-0.2, 0) is 16.0 Å². The van der Waals surface area contributed by atoms with E-state index in [-0.39, 0.29) is 42.1 Å². The third-order valence-electron chi connectivity index (χ3n) is 9.81. The van der Waals surface area contributed by atoms with Gasteiger partial charge >= 0.3 is 0 Å². The zero-order valence-corrected chi connectivity index (χ0v) is 29.1. The largest absolute Gasteiger partial charge is 0.349 e. The van der Waals surface area contributed by atoms with Gasteiger partial charge in [-0.15, -0.1) is 22.6 Å². The first kappa shape index (κ1) is 36.6. The molecule has 2 fully saturated rings. The SMILES string of the molecule is Cc1cc(C(=O)NC2CCNCC2)ccc1-c1ccc(C[C@H](NC(=O)C2CCC(CN)CC2)C(=O)Nc2ccc(-c3nn[nH]n3)cc2)cc1.Cl. The van der Waals surface area contributed by atoms with Crippen molar-refractivity contribution in [1.29, 1.82) is 0 Å². The van der Waals surface area contributed by atoms with Crippen LogP contribution in [0.1, 0.15) is 60.0 Å². The number of hydrogen-bond donors (Lipinski definition) is 6. The number of carbonyl (C=O) groups is 3. The van der Waals surface area contributed by atoms with E-state index in [9.17, 15) is 14.4 Å². The quantitative estimate of drug-likeness (QED) is 0.135. The second-order valence-electron chi connectivity index (χ2n) is 13.2. The molecule has 2 aliphatic rings. The second-order valence-corrected chi connectivity index (χ2v) is 13.2. The molecule has 1 saturated heterocycles. The maximum Gasteiger partial charge on any atom is 0.251 e. The lowest BCUT2D eigenvalue weighted by Gasteiger charge is -2.28. The summed E-state index contributed by atoms with van der Waals surface area (Å²) in [5.41, 5.74) is 11.8. The third kappa shape index (κ3) is 9.32. The van der Waals surface area contributed by atoms with Crippen molar-refractivity contribution in [2.24, 2.45) is 17.6 Å². The van der Waals surface area contributed by atoms with Crippen LogP contribution in [0.15, 0.2) is 66.7 Å². The molecule has 1 saturated carbocycles. The molecule has 264 valence electrons. The first-order valence-electron chi connectivity index (χ1n) is 17.2. The number of carbonyl (C=O) groups excluding carboxylic acids is 3. The molecule has 3 amide bonds. The van der Waals surface area contributed by atoms with E-state index in [2.05, 4.69) is 41.9 Å². The van der Waals surface area contributed by atoms with Crippen molar-refractivity contribution in [3.05, 3.63) is 83.4 Å². The first-order chi connectivity index (χ1) is 23.9. The van der Waals surface area contributed by atoms with Crippen molar-refractivity contribution in [2.75, 3.05) is 25.0 Å². The summed E-state index contributed by atoms with van der Waals surface area (Å²) in [5, 5.41) is 26.5. The summed E-state index contributed by atoms with van der Waals surface area (Å²) >= 11 is 0. The number of tetrazole rings is 1. The number of piperidine rings is 1. The Morgan fingerprint density at radius 3 is 2.24 bits per heavy atom. The number of amides is 3. The minimum absolute atomic E-state index is 0. The Bertz CT molecular complexity index is 1720. The lowest BCUT2D eigenvalue weighted by Crippen LogP contribution is -2.48. The van der Waals surface area contributed by atoms with Gasteiger partial charge in [-0.1, -0.05) is 30.3 Å². The van der Waals surface area contributed by atoms with Gasteiger partial charge < -0.3 is 27.0 Å². The number of nitrogens with one attached hydrogen (secondary N) is 5. The fourth-order valence-corrected chi connectivity index (χ4v) is 6.80. The van der Waals surface area contributed by atoms with Gasteiger partial charge in [0.15, 0.2) is 0 Å². The number of hydrogen-bond acceptors (Lipinski definition) is 8. The van der Waals surface area contributed by atoms with Crippen molar-refractivity contribution in [1.82, 2.24) is 36.6 Å². The van der Waals surface area contributed by atoms with E-state index in [0.717, 1.165) is 79.4 Å². The molecule has 0 bridgehead atoms. The van der Waals surface area contributed by atoms with Crippen molar-refractivity contribution in [3.8, 4) is 22.5 Å². The van der Waals surface area contributed by atoms with E-state index >= 15 is 0 Å². The summed E-state index contributed by atoms with van der Waals surface area (Å²) in [7, 11) is 0. The van der Waals surface area contributed by atoms with Crippen molar-refractivity contribution in [3.63, 3.8) is 0 Å². The van der Waals surface area contributed by atoms with E-state index in [0.29, 0.717) is 36.0 Å². The highest BCUT2D eigenvalue weighted by atomic mass is 35.5. The van der Waals surface area contributed by atoms with Crippen LogP contribution in [0.3, 0.4) is 0 Å². The molecule has 3 aromatic carbocycles. The fourth-order valence-electron chi connectivity index (χ4n) is 6.80. The highest BCUT2D eigenvalue weighted by Crippen LogP contribution is 2.29. The molecule has 50 heavy (non-hydrogen) atoms. The summed E-state index contributed by atoms with van der Waals surface area (Å²) in [6, 6.07) is 20.4. The van der Waals surface area contributed by atoms with Crippen LogP contribution in [0.4, 0.5) is 5.69 Å². The van der Waals surface area contributed by atoms with Gasteiger partial charge in [0.2, 0.25) is 17.6 Å². The molecule has 0 radical (unpaired) electrons. The molecular formula is C37H46ClN9O3. The number of halogens is 1. The van der Waals surface area contributed by atoms with Gasteiger partial charge in [0.05, 0.1) is 0 Å². The number of H-pyrrole nitrogens is 1. The van der Waals surface area contributed by atoms with Crippen molar-refractivity contribution in [2.45, 2.75) is 64.0 Å². The molecule has 12 nitrogen and oxygen atoms in total. The van der Waals surface area contributed by atoms with Gasteiger partial charge in [0, 0.05) is 35.2 Å². The third-order valence-corrected chi connectivity index (χ3v) is 9.81. The molecule has 1 aliphatic carbocycles. The zero-order valence-electron chi connectivity index (χ0n) is 28.3. The molecule has 0 unspecified atom stereocenters. The van der Waals surface area contributed by atoms with Gasteiger partial charge in [0.1, 0.15) is 6.04 Å². The van der Waals surface area contributed by atoms with Crippen LogP contribution in [0.2, 0.25) is 0 Å². The zero-order chi connectivity index (χ0) is 34.2. The Kier molecular flexibility index (Phi) is 12.7.